The first-order valence-corrected chi connectivity index (χ1v) is 7.23. The number of hydrogen-bond donors (Lipinski definition) is 1. The molecule has 0 bridgehead atoms. The molecule has 1 N–H and O–H groups in total. The Balaban J connectivity index is 1.85. The minimum absolute atomic E-state index is 0.268. The van der Waals surface area contributed by atoms with Crippen molar-refractivity contribution in [2.24, 2.45) is 0 Å². The van der Waals surface area contributed by atoms with Crippen LogP contribution >= 0.6 is 0 Å². The average molecular weight is 271 g/mol. The normalized spacial score (nSPS) is 13.6. The third-order valence-electron chi connectivity index (χ3n) is 3.62. The SMILES string of the molecule is CC(C)OCCn1cncc1-c1cccc2c1NCC2. The number of nitrogens with zero attached hydrogens (tertiary/aromatic N) is 2. The predicted molar refractivity (Wildman–Crippen MR) is 80.9 cm³/mol. The van der Waals surface area contributed by atoms with Gasteiger partial charge in [0, 0.05) is 24.3 Å². The van der Waals surface area contributed by atoms with Gasteiger partial charge in [-0.05, 0) is 25.8 Å². The molecule has 106 valence electrons. The second kappa shape index (κ2) is 5.67. The zero-order chi connectivity index (χ0) is 13.9. The summed E-state index contributed by atoms with van der Waals surface area (Å²) in [6.45, 7) is 6.68. The molecule has 3 rings (SSSR count). The first kappa shape index (κ1) is 13.2. The van der Waals surface area contributed by atoms with Crippen molar-refractivity contribution in [1.82, 2.24) is 9.55 Å². The van der Waals surface area contributed by atoms with E-state index in [-0.39, 0.29) is 6.10 Å². The molecule has 0 aliphatic carbocycles. The summed E-state index contributed by atoms with van der Waals surface area (Å²) in [6, 6.07) is 6.48. The number of imidazole rings is 1. The lowest BCUT2D eigenvalue weighted by Crippen LogP contribution is -2.10. The summed E-state index contributed by atoms with van der Waals surface area (Å²) in [5.41, 5.74) is 5.05. The molecule has 0 radical (unpaired) electrons. The zero-order valence-corrected chi connectivity index (χ0v) is 12.1. The minimum atomic E-state index is 0.268. The van der Waals surface area contributed by atoms with E-state index in [1.807, 2.05) is 12.5 Å². The highest BCUT2D eigenvalue weighted by atomic mass is 16.5. The smallest absolute Gasteiger partial charge is 0.0951 e. The Morgan fingerprint density at radius 2 is 2.30 bits per heavy atom. The van der Waals surface area contributed by atoms with E-state index in [0.717, 1.165) is 25.2 Å². The van der Waals surface area contributed by atoms with Gasteiger partial charge in [-0.2, -0.15) is 0 Å². The van der Waals surface area contributed by atoms with E-state index in [4.69, 9.17) is 4.74 Å². The molecule has 2 heterocycles. The molecule has 0 atom stereocenters. The zero-order valence-electron chi connectivity index (χ0n) is 12.1. The van der Waals surface area contributed by atoms with Gasteiger partial charge in [0.1, 0.15) is 0 Å². The van der Waals surface area contributed by atoms with E-state index in [0.29, 0.717) is 6.61 Å². The summed E-state index contributed by atoms with van der Waals surface area (Å²) in [4.78, 5) is 4.30. The van der Waals surface area contributed by atoms with Gasteiger partial charge in [0.05, 0.1) is 30.9 Å². The van der Waals surface area contributed by atoms with E-state index in [1.54, 1.807) is 0 Å². The Labute approximate surface area is 119 Å². The molecule has 2 aromatic rings. The minimum Gasteiger partial charge on any atom is -0.384 e. The molecule has 0 saturated carbocycles. The molecule has 4 heteroatoms. The van der Waals surface area contributed by atoms with E-state index >= 15 is 0 Å². The Bertz CT molecular complexity index is 589. The van der Waals surface area contributed by atoms with Gasteiger partial charge >= 0.3 is 0 Å². The fraction of sp³-hybridized carbons (Fsp3) is 0.438. The van der Waals surface area contributed by atoms with Crippen LogP contribution in [-0.2, 0) is 17.7 Å². The van der Waals surface area contributed by atoms with Crippen LogP contribution < -0.4 is 5.32 Å². The molecule has 1 aromatic heterocycles. The lowest BCUT2D eigenvalue weighted by atomic mass is 10.1. The van der Waals surface area contributed by atoms with Gasteiger partial charge < -0.3 is 14.6 Å². The van der Waals surface area contributed by atoms with Crippen molar-refractivity contribution in [3.05, 3.63) is 36.3 Å². The Morgan fingerprint density at radius 3 is 3.15 bits per heavy atom. The first-order valence-electron chi connectivity index (χ1n) is 7.23. The van der Waals surface area contributed by atoms with E-state index in [1.165, 1.54) is 16.8 Å². The topological polar surface area (TPSA) is 39.1 Å². The number of ether oxygens (including phenoxy) is 1. The fourth-order valence-electron chi connectivity index (χ4n) is 2.66. The van der Waals surface area contributed by atoms with E-state index < -0.39 is 0 Å². The largest absolute Gasteiger partial charge is 0.384 e. The highest BCUT2D eigenvalue weighted by Crippen LogP contribution is 2.34. The van der Waals surface area contributed by atoms with Crippen molar-refractivity contribution in [2.45, 2.75) is 32.9 Å². The van der Waals surface area contributed by atoms with Gasteiger partial charge in [-0.15, -0.1) is 0 Å². The molecular formula is C16H21N3O. The highest BCUT2D eigenvalue weighted by Gasteiger charge is 2.17. The molecule has 1 aliphatic rings. The summed E-state index contributed by atoms with van der Waals surface area (Å²) < 4.78 is 7.80. The maximum atomic E-state index is 5.63. The molecule has 0 amide bonds. The molecule has 0 saturated heterocycles. The maximum Gasteiger partial charge on any atom is 0.0951 e. The highest BCUT2D eigenvalue weighted by molar-refractivity contribution is 5.79. The molecule has 4 nitrogen and oxygen atoms in total. The number of nitrogens with one attached hydrogen (secondary N) is 1. The summed E-state index contributed by atoms with van der Waals surface area (Å²) in [7, 11) is 0. The van der Waals surface area contributed by atoms with Crippen molar-refractivity contribution in [3.63, 3.8) is 0 Å². The average Bonchev–Trinajstić information content (AvgIpc) is 3.05. The second-order valence-corrected chi connectivity index (χ2v) is 5.41. The molecule has 0 fully saturated rings. The van der Waals surface area contributed by atoms with E-state index in [2.05, 4.69) is 46.9 Å². The summed E-state index contributed by atoms with van der Waals surface area (Å²) in [5.74, 6) is 0. The Kier molecular flexibility index (Phi) is 3.74. The number of aromatic nitrogens is 2. The standard InChI is InChI=1S/C16H21N3O/c1-12(2)20-9-8-19-11-17-10-15(19)14-5-3-4-13-6-7-18-16(13)14/h3-5,10-12,18H,6-9H2,1-2H3. The molecule has 1 aromatic carbocycles. The molecule has 0 unspecified atom stereocenters. The van der Waals surface area contributed by atoms with Crippen LogP contribution in [0.25, 0.3) is 11.3 Å². The third kappa shape index (κ3) is 2.56. The van der Waals surface area contributed by atoms with Crippen molar-refractivity contribution in [2.75, 3.05) is 18.5 Å². The van der Waals surface area contributed by atoms with Gasteiger partial charge in [0.25, 0.3) is 0 Å². The van der Waals surface area contributed by atoms with Gasteiger partial charge in [-0.25, -0.2) is 4.98 Å². The second-order valence-electron chi connectivity index (χ2n) is 5.41. The van der Waals surface area contributed by atoms with Crippen LogP contribution in [0.1, 0.15) is 19.4 Å². The predicted octanol–water partition coefficient (Wildman–Crippen LogP) is 2.94. The molecule has 20 heavy (non-hydrogen) atoms. The lowest BCUT2D eigenvalue weighted by molar-refractivity contribution is 0.0729. The van der Waals surface area contributed by atoms with Crippen LogP contribution in [0.2, 0.25) is 0 Å². The Hall–Kier alpha value is -1.81. The van der Waals surface area contributed by atoms with Crippen LogP contribution in [0.15, 0.2) is 30.7 Å². The number of benzene rings is 1. The number of fused-ring (bicyclic) bond motifs is 1. The quantitative estimate of drug-likeness (QED) is 0.908. The van der Waals surface area contributed by atoms with Crippen molar-refractivity contribution in [1.29, 1.82) is 0 Å². The molecule has 0 spiro atoms. The van der Waals surface area contributed by atoms with Crippen molar-refractivity contribution >= 4 is 5.69 Å². The van der Waals surface area contributed by atoms with E-state index in [9.17, 15) is 0 Å². The summed E-state index contributed by atoms with van der Waals surface area (Å²) in [5, 5.41) is 3.49. The summed E-state index contributed by atoms with van der Waals surface area (Å²) in [6.07, 6.45) is 5.19. The van der Waals surface area contributed by atoms with Gasteiger partial charge in [0.15, 0.2) is 0 Å². The Morgan fingerprint density at radius 1 is 1.40 bits per heavy atom. The van der Waals surface area contributed by atoms with Gasteiger partial charge in [0.2, 0.25) is 0 Å². The maximum absolute atomic E-state index is 5.63. The number of para-hydroxylation sites is 1. The third-order valence-corrected chi connectivity index (χ3v) is 3.62. The van der Waals surface area contributed by atoms with Crippen LogP contribution in [-0.4, -0.2) is 28.8 Å². The van der Waals surface area contributed by atoms with Gasteiger partial charge in [-0.1, -0.05) is 18.2 Å². The molecular weight excluding hydrogens is 250 g/mol. The van der Waals surface area contributed by atoms with Crippen molar-refractivity contribution < 1.29 is 4.74 Å². The molecule has 1 aliphatic heterocycles. The van der Waals surface area contributed by atoms with Gasteiger partial charge in [-0.3, -0.25) is 0 Å². The summed E-state index contributed by atoms with van der Waals surface area (Å²) >= 11 is 0. The number of hydrogen-bond acceptors (Lipinski definition) is 3. The van der Waals surface area contributed by atoms with Crippen molar-refractivity contribution in [3.8, 4) is 11.3 Å². The monoisotopic (exact) mass is 271 g/mol. The fourth-order valence-corrected chi connectivity index (χ4v) is 2.66. The number of rotatable bonds is 5. The van der Waals surface area contributed by atoms with Crippen LogP contribution in [0.4, 0.5) is 5.69 Å². The van der Waals surface area contributed by atoms with Crippen LogP contribution in [0, 0.1) is 0 Å². The number of anilines is 1. The lowest BCUT2D eigenvalue weighted by Gasteiger charge is -2.13. The first-order chi connectivity index (χ1) is 9.75. The van der Waals surface area contributed by atoms with Crippen LogP contribution in [0.3, 0.4) is 0 Å². The van der Waals surface area contributed by atoms with Crippen LogP contribution in [0.5, 0.6) is 0 Å².